The van der Waals surface area contributed by atoms with Crippen LogP contribution in [-0.4, -0.2) is 40.8 Å². The molecule has 0 unspecified atom stereocenters. The van der Waals surface area contributed by atoms with Gasteiger partial charge in [-0.15, -0.1) is 11.3 Å². The number of halogens is 4. The van der Waals surface area contributed by atoms with E-state index >= 15 is 0 Å². The molecule has 3 nitrogen and oxygen atoms in total. The Labute approximate surface area is 129 Å². The van der Waals surface area contributed by atoms with E-state index in [2.05, 4.69) is 0 Å². The molecule has 1 atom stereocenters. The van der Waals surface area contributed by atoms with Crippen molar-refractivity contribution in [1.82, 2.24) is 4.90 Å². The van der Waals surface area contributed by atoms with Gasteiger partial charge in [0.05, 0.1) is 10.3 Å². The van der Waals surface area contributed by atoms with Gasteiger partial charge in [0.2, 0.25) is 5.91 Å². The second-order valence-corrected chi connectivity index (χ2v) is 6.96. The average Bonchev–Trinajstić information content (AvgIpc) is 2.83. The van der Waals surface area contributed by atoms with Gasteiger partial charge in [-0.05, 0) is 19.1 Å². The Balaban J connectivity index is 2.00. The van der Waals surface area contributed by atoms with Crippen LogP contribution in [-0.2, 0) is 4.79 Å². The standard InChI is InChI=1S/C13H15ClF3NO2S/c1-8(9-2-3-10(14)21-9)11(19)18-6-4-12(20,5-7-18)13(15,16)17/h2-3,8,20H,4-7H2,1H3/t8-/m0/s1. The number of alkyl halides is 3. The molecule has 1 fully saturated rings. The van der Waals surface area contributed by atoms with Crippen molar-refractivity contribution in [2.24, 2.45) is 0 Å². The number of aliphatic hydroxyl groups is 1. The molecule has 0 radical (unpaired) electrons. The Morgan fingerprint density at radius 2 is 2.00 bits per heavy atom. The van der Waals surface area contributed by atoms with Crippen molar-refractivity contribution in [3.8, 4) is 0 Å². The summed E-state index contributed by atoms with van der Waals surface area (Å²) in [4.78, 5) is 14.4. The first kappa shape index (κ1) is 16.6. The largest absolute Gasteiger partial charge is 0.417 e. The number of thiophene rings is 1. The lowest BCUT2D eigenvalue weighted by molar-refractivity contribution is -0.272. The summed E-state index contributed by atoms with van der Waals surface area (Å²) in [5.74, 6) is -0.683. The summed E-state index contributed by atoms with van der Waals surface area (Å²) in [6, 6.07) is 3.43. The maximum absolute atomic E-state index is 12.7. The molecule has 1 aliphatic heterocycles. The number of hydrogen-bond donors (Lipinski definition) is 1. The summed E-state index contributed by atoms with van der Waals surface area (Å²) in [6.07, 6.45) is -5.63. The van der Waals surface area contributed by atoms with Crippen molar-refractivity contribution in [1.29, 1.82) is 0 Å². The van der Waals surface area contributed by atoms with E-state index in [0.717, 1.165) is 4.88 Å². The van der Waals surface area contributed by atoms with Crippen LogP contribution in [0.1, 0.15) is 30.6 Å². The van der Waals surface area contributed by atoms with Crippen LogP contribution in [0.4, 0.5) is 13.2 Å². The molecule has 2 heterocycles. The molecule has 118 valence electrons. The second kappa shape index (κ2) is 5.78. The number of nitrogens with zero attached hydrogens (tertiary/aromatic N) is 1. The zero-order chi connectivity index (χ0) is 15.8. The van der Waals surface area contributed by atoms with E-state index in [1.54, 1.807) is 19.1 Å². The fraction of sp³-hybridized carbons (Fsp3) is 0.615. The van der Waals surface area contributed by atoms with Crippen LogP contribution in [0.25, 0.3) is 0 Å². The molecule has 0 aromatic carbocycles. The van der Waals surface area contributed by atoms with Gasteiger partial charge in [-0.2, -0.15) is 13.2 Å². The van der Waals surface area contributed by atoms with E-state index in [1.165, 1.54) is 16.2 Å². The number of carbonyl (C=O) groups is 1. The highest BCUT2D eigenvalue weighted by Gasteiger charge is 2.55. The lowest BCUT2D eigenvalue weighted by atomic mass is 9.90. The predicted octanol–water partition coefficient (Wildman–Crippen LogP) is 3.42. The molecule has 0 bridgehead atoms. The highest BCUT2D eigenvalue weighted by Crippen LogP contribution is 2.39. The van der Waals surface area contributed by atoms with Crippen LogP contribution in [0.3, 0.4) is 0 Å². The maximum Gasteiger partial charge on any atom is 0.417 e. The molecular formula is C13H15ClF3NO2S. The second-order valence-electron chi connectivity index (χ2n) is 5.22. The van der Waals surface area contributed by atoms with Crippen molar-refractivity contribution in [3.63, 3.8) is 0 Å². The normalized spacial score (nSPS) is 20.4. The molecule has 0 saturated carbocycles. The van der Waals surface area contributed by atoms with Crippen molar-refractivity contribution < 1.29 is 23.1 Å². The molecule has 0 aliphatic carbocycles. The van der Waals surface area contributed by atoms with Crippen molar-refractivity contribution in [2.75, 3.05) is 13.1 Å². The average molecular weight is 342 g/mol. The third kappa shape index (κ3) is 3.35. The fourth-order valence-electron chi connectivity index (χ4n) is 2.34. The molecule has 1 aromatic heterocycles. The SMILES string of the molecule is C[C@H](C(=O)N1CCC(O)(C(F)(F)F)CC1)c1ccc(Cl)s1. The van der Waals surface area contributed by atoms with E-state index in [1.807, 2.05) is 0 Å². The van der Waals surface area contributed by atoms with Crippen molar-refractivity contribution in [2.45, 2.75) is 37.5 Å². The van der Waals surface area contributed by atoms with Crippen LogP contribution < -0.4 is 0 Å². The molecule has 1 saturated heterocycles. The van der Waals surface area contributed by atoms with Gasteiger partial charge in [-0.3, -0.25) is 4.79 Å². The van der Waals surface area contributed by atoms with Crippen LogP contribution in [0.5, 0.6) is 0 Å². The van der Waals surface area contributed by atoms with Crippen LogP contribution >= 0.6 is 22.9 Å². The number of hydrogen-bond acceptors (Lipinski definition) is 3. The zero-order valence-electron chi connectivity index (χ0n) is 11.3. The lowest BCUT2D eigenvalue weighted by Gasteiger charge is -2.39. The number of rotatable bonds is 2. The smallest absolute Gasteiger partial charge is 0.380 e. The van der Waals surface area contributed by atoms with E-state index < -0.39 is 30.5 Å². The Hall–Kier alpha value is -0.790. The Kier molecular flexibility index (Phi) is 4.56. The minimum Gasteiger partial charge on any atom is -0.380 e. The summed E-state index contributed by atoms with van der Waals surface area (Å²) in [6.45, 7) is 1.51. The van der Waals surface area contributed by atoms with E-state index in [-0.39, 0.29) is 19.0 Å². The fourth-order valence-corrected chi connectivity index (χ4v) is 3.44. The number of likely N-dealkylation sites (tertiary alicyclic amines) is 1. The van der Waals surface area contributed by atoms with Crippen LogP contribution in [0.15, 0.2) is 12.1 Å². The summed E-state index contributed by atoms with van der Waals surface area (Å²) in [5, 5.41) is 9.59. The zero-order valence-corrected chi connectivity index (χ0v) is 12.9. The minimum atomic E-state index is -4.66. The van der Waals surface area contributed by atoms with Crippen LogP contribution in [0.2, 0.25) is 4.34 Å². The summed E-state index contributed by atoms with van der Waals surface area (Å²) in [5.41, 5.74) is -2.68. The quantitative estimate of drug-likeness (QED) is 0.895. The van der Waals surface area contributed by atoms with Gasteiger partial charge in [-0.25, -0.2) is 0 Å². The summed E-state index contributed by atoms with van der Waals surface area (Å²) in [7, 11) is 0. The Bertz CT molecular complexity index is 524. The van der Waals surface area contributed by atoms with Crippen molar-refractivity contribution >= 4 is 28.8 Å². The molecule has 21 heavy (non-hydrogen) atoms. The van der Waals surface area contributed by atoms with Gasteiger partial charge >= 0.3 is 6.18 Å². The van der Waals surface area contributed by atoms with Gasteiger partial charge in [0.25, 0.3) is 0 Å². The third-order valence-electron chi connectivity index (χ3n) is 3.82. The first-order chi connectivity index (χ1) is 9.64. The Morgan fingerprint density at radius 3 is 2.43 bits per heavy atom. The topological polar surface area (TPSA) is 40.5 Å². The van der Waals surface area contributed by atoms with Gasteiger partial charge in [0.1, 0.15) is 0 Å². The first-order valence-corrected chi connectivity index (χ1v) is 7.66. The maximum atomic E-state index is 12.7. The van der Waals surface area contributed by atoms with Crippen molar-refractivity contribution in [3.05, 3.63) is 21.3 Å². The third-order valence-corrected chi connectivity index (χ3v) is 5.23. The van der Waals surface area contributed by atoms with Gasteiger partial charge in [0.15, 0.2) is 5.60 Å². The molecule has 1 aromatic rings. The highest BCUT2D eigenvalue weighted by molar-refractivity contribution is 7.16. The molecule has 0 spiro atoms. The molecule has 8 heteroatoms. The molecule has 2 rings (SSSR count). The monoisotopic (exact) mass is 341 g/mol. The molecular weight excluding hydrogens is 327 g/mol. The highest BCUT2D eigenvalue weighted by atomic mass is 35.5. The van der Waals surface area contributed by atoms with E-state index in [0.29, 0.717) is 4.34 Å². The lowest BCUT2D eigenvalue weighted by Crippen LogP contribution is -2.54. The van der Waals surface area contributed by atoms with E-state index in [4.69, 9.17) is 11.6 Å². The molecule has 1 amide bonds. The molecule has 1 N–H and O–H groups in total. The minimum absolute atomic E-state index is 0.0989. The summed E-state index contributed by atoms with van der Waals surface area (Å²) >= 11 is 7.10. The van der Waals surface area contributed by atoms with Crippen LogP contribution in [0, 0.1) is 0 Å². The number of amides is 1. The van der Waals surface area contributed by atoms with E-state index in [9.17, 15) is 23.1 Å². The van der Waals surface area contributed by atoms with Gasteiger partial charge in [0, 0.05) is 30.8 Å². The van der Waals surface area contributed by atoms with Gasteiger partial charge < -0.3 is 10.0 Å². The first-order valence-electron chi connectivity index (χ1n) is 6.47. The number of carbonyl (C=O) groups excluding carboxylic acids is 1. The number of piperidine rings is 1. The molecule has 1 aliphatic rings. The summed E-state index contributed by atoms with van der Waals surface area (Å²) < 4.78 is 38.7. The predicted molar refractivity (Wildman–Crippen MR) is 74.6 cm³/mol. The Morgan fingerprint density at radius 1 is 1.43 bits per heavy atom. The van der Waals surface area contributed by atoms with Gasteiger partial charge in [-0.1, -0.05) is 11.6 Å².